The Hall–Kier alpha value is -4.28. The molecule has 9 nitrogen and oxygen atoms in total. The molecular formula is C38H47FN4O5. The number of halogens is 1. The lowest BCUT2D eigenvalue weighted by Gasteiger charge is -2.40. The van der Waals surface area contributed by atoms with Crippen molar-refractivity contribution < 1.29 is 28.9 Å². The number of ether oxygens (including phenoxy) is 2. The Morgan fingerprint density at radius 3 is 2.46 bits per heavy atom. The number of aryl methyl sites for hydroxylation is 2. The molecule has 0 radical (unpaired) electrons. The lowest BCUT2D eigenvalue weighted by Crippen LogP contribution is -2.45. The molecule has 1 fully saturated rings. The van der Waals surface area contributed by atoms with Gasteiger partial charge in [-0.1, -0.05) is 36.4 Å². The molecule has 1 unspecified atom stereocenters. The van der Waals surface area contributed by atoms with E-state index in [-0.39, 0.29) is 23.9 Å². The fourth-order valence-electron chi connectivity index (χ4n) is 6.03. The summed E-state index contributed by atoms with van der Waals surface area (Å²) >= 11 is 0. The first-order chi connectivity index (χ1) is 22.6. The van der Waals surface area contributed by atoms with Crippen molar-refractivity contribution in [2.24, 2.45) is 0 Å². The standard InChI is InChI=1S/C34H37FN4O4.C4H10O/c1-21-11-12-28-31(32(21)35)25-10-7-9-24(18-25)27-20-29-36-23(3)26(19-30(40)41)33(39(29)37-27)38-15-13-34(4,14-16-38)42-17-6-5-8-22(2)43-28;1-4(2,3)5/h5-7,9-12,18,20,22H,8,13-17,19H2,1-4H3,(H,40,41);5H,1-3H3/b6-5-;. The number of carboxylic acid groups (broad SMARTS) is 1. The number of fused-ring (bicyclic) bond motifs is 7. The lowest BCUT2D eigenvalue weighted by molar-refractivity contribution is -0.136. The van der Waals surface area contributed by atoms with Crippen LogP contribution in [-0.2, 0) is 16.0 Å². The summed E-state index contributed by atoms with van der Waals surface area (Å²) in [5.74, 6) is -0.00946. The molecule has 3 aliphatic heterocycles. The average molecular weight is 659 g/mol. The first-order valence-electron chi connectivity index (χ1n) is 16.6. The van der Waals surface area contributed by atoms with Gasteiger partial charge in [-0.2, -0.15) is 9.61 Å². The highest BCUT2D eigenvalue weighted by Gasteiger charge is 2.33. The van der Waals surface area contributed by atoms with Crippen LogP contribution in [0.1, 0.15) is 70.7 Å². The zero-order chi connectivity index (χ0) is 34.8. The van der Waals surface area contributed by atoms with E-state index in [1.807, 2.05) is 56.3 Å². The Kier molecular flexibility index (Phi) is 10.3. The van der Waals surface area contributed by atoms with Crippen molar-refractivity contribution in [3.05, 3.63) is 77.3 Å². The van der Waals surface area contributed by atoms with Crippen LogP contribution in [0.3, 0.4) is 0 Å². The first-order valence-corrected chi connectivity index (χ1v) is 16.6. The molecule has 0 spiro atoms. The summed E-state index contributed by atoms with van der Waals surface area (Å²) in [5, 5.41) is 23.3. The number of hydrogen-bond acceptors (Lipinski definition) is 7. The van der Waals surface area contributed by atoms with Crippen molar-refractivity contribution >= 4 is 17.4 Å². The summed E-state index contributed by atoms with van der Waals surface area (Å²) in [7, 11) is 0. The number of carboxylic acids is 1. The van der Waals surface area contributed by atoms with Crippen molar-refractivity contribution in [1.82, 2.24) is 14.6 Å². The zero-order valence-corrected chi connectivity index (χ0v) is 29.0. The molecule has 3 aliphatic rings. The van der Waals surface area contributed by atoms with E-state index in [2.05, 4.69) is 17.9 Å². The van der Waals surface area contributed by atoms with E-state index in [9.17, 15) is 9.90 Å². The van der Waals surface area contributed by atoms with Gasteiger partial charge in [0.2, 0.25) is 0 Å². The summed E-state index contributed by atoms with van der Waals surface area (Å²) in [4.78, 5) is 18.9. The second kappa shape index (κ2) is 14.1. The van der Waals surface area contributed by atoms with E-state index >= 15 is 4.39 Å². The highest BCUT2D eigenvalue weighted by Crippen LogP contribution is 2.38. The molecule has 5 heterocycles. The SMILES string of the molecule is CC(C)(C)O.Cc1ccc2c(c1F)-c1cccc(c1)-c1cc3nc(C)c(CC(=O)O)c(n3n1)N1CCC(C)(CC1)OC/C=C\CC(C)O2. The normalized spacial score (nSPS) is 20.4. The number of benzene rings is 2. The van der Waals surface area contributed by atoms with Crippen molar-refractivity contribution in [1.29, 1.82) is 0 Å². The summed E-state index contributed by atoms with van der Waals surface area (Å²) < 4.78 is 30.1. The Balaban J connectivity index is 0.000000840. The third-order valence-electron chi connectivity index (χ3n) is 8.56. The summed E-state index contributed by atoms with van der Waals surface area (Å²) in [6, 6.07) is 13.1. The van der Waals surface area contributed by atoms with Gasteiger partial charge in [0.15, 0.2) is 5.65 Å². The maximum Gasteiger partial charge on any atom is 0.308 e. The quantitative estimate of drug-likeness (QED) is 0.216. The fraction of sp³-hybridized carbons (Fsp3) is 0.447. The molecule has 0 amide bonds. The highest BCUT2D eigenvalue weighted by molar-refractivity contribution is 5.78. The van der Waals surface area contributed by atoms with E-state index < -0.39 is 11.6 Å². The number of aliphatic hydroxyl groups is 1. The minimum absolute atomic E-state index is 0.155. The van der Waals surface area contributed by atoms with Crippen LogP contribution in [0.2, 0.25) is 0 Å². The zero-order valence-electron chi connectivity index (χ0n) is 29.0. The number of hydrogen-bond donors (Lipinski definition) is 2. The maximum absolute atomic E-state index is 15.7. The van der Waals surface area contributed by atoms with Gasteiger partial charge in [-0.15, -0.1) is 0 Å². The van der Waals surface area contributed by atoms with Gasteiger partial charge in [0.1, 0.15) is 17.4 Å². The second-order valence-corrected chi connectivity index (χ2v) is 14.1. The Bertz CT molecular complexity index is 1810. The predicted molar refractivity (Wildman–Crippen MR) is 186 cm³/mol. The largest absolute Gasteiger partial charge is 0.490 e. The van der Waals surface area contributed by atoms with Gasteiger partial charge in [0.05, 0.1) is 41.6 Å². The molecule has 7 rings (SSSR count). The molecule has 10 heteroatoms. The number of aromatic nitrogens is 3. The summed E-state index contributed by atoms with van der Waals surface area (Å²) in [5.41, 5.74) is 4.22. The number of carbonyl (C=O) groups is 1. The minimum Gasteiger partial charge on any atom is -0.490 e. The van der Waals surface area contributed by atoms with Gasteiger partial charge in [-0.3, -0.25) is 4.79 Å². The Morgan fingerprint density at radius 1 is 1.08 bits per heavy atom. The van der Waals surface area contributed by atoms with E-state index in [0.717, 1.165) is 24.2 Å². The number of anilines is 1. The van der Waals surface area contributed by atoms with Gasteiger partial charge < -0.3 is 24.6 Å². The molecule has 6 bridgehead atoms. The molecule has 48 heavy (non-hydrogen) atoms. The van der Waals surface area contributed by atoms with Gasteiger partial charge in [-0.05, 0) is 84.6 Å². The number of rotatable bonds is 2. The highest BCUT2D eigenvalue weighted by atomic mass is 19.1. The van der Waals surface area contributed by atoms with Crippen LogP contribution >= 0.6 is 0 Å². The average Bonchev–Trinajstić information content (AvgIpc) is 3.42. The topological polar surface area (TPSA) is 109 Å². The molecule has 0 aliphatic carbocycles. The second-order valence-electron chi connectivity index (χ2n) is 14.1. The summed E-state index contributed by atoms with van der Waals surface area (Å²) in [6.45, 7) is 14.8. The molecule has 1 atom stereocenters. The molecule has 2 aromatic heterocycles. The molecule has 256 valence electrons. The van der Waals surface area contributed by atoms with E-state index in [1.54, 1.807) is 38.3 Å². The van der Waals surface area contributed by atoms with Crippen molar-refractivity contribution in [3.8, 4) is 28.1 Å². The minimum atomic E-state index is -0.920. The predicted octanol–water partition coefficient (Wildman–Crippen LogP) is 7.33. The molecule has 2 aromatic carbocycles. The third-order valence-corrected chi connectivity index (χ3v) is 8.56. The number of nitrogens with zero attached hydrogens (tertiary/aromatic N) is 4. The monoisotopic (exact) mass is 658 g/mol. The third kappa shape index (κ3) is 8.22. The van der Waals surface area contributed by atoms with Crippen molar-refractivity contribution in [2.75, 3.05) is 24.6 Å². The Morgan fingerprint density at radius 2 is 1.77 bits per heavy atom. The van der Waals surface area contributed by atoms with Crippen LogP contribution in [0.15, 0.2) is 54.6 Å². The molecule has 0 saturated carbocycles. The molecule has 4 aromatic rings. The van der Waals surface area contributed by atoms with Crippen LogP contribution in [-0.4, -0.2) is 67.8 Å². The molecule has 2 N–H and O–H groups in total. The maximum atomic E-state index is 15.7. The van der Waals surface area contributed by atoms with Crippen LogP contribution in [0, 0.1) is 19.7 Å². The van der Waals surface area contributed by atoms with E-state index in [1.165, 1.54) is 0 Å². The van der Waals surface area contributed by atoms with Crippen LogP contribution in [0.5, 0.6) is 5.75 Å². The van der Waals surface area contributed by atoms with E-state index in [0.29, 0.717) is 71.2 Å². The van der Waals surface area contributed by atoms with Gasteiger partial charge in [0, 0.05) is 42.4 Å². The van der Waals surface area contributed by atoms with Gasteiger partial charge in [-0.25, -0.2) is 9.37 Å². The summed E-state index contributed by atoms with van der Waals surface area (Å²) in [6.07, 6.45) is 5.97. The lowest BCUT2D eigenvalue weighted by atomic mass is 9.93. The molecular weight excluding hydrogens is 611 g/mol. The molecule has 1 saturated heterocycles. The number of aliphatic carboxylic acids is 1. The smallest absolute Gasteiger partial charge is 0.308 e. The van der Waals surface area contributed by atoms with Crippen molar-refractivity contribution in [2.45, 2.75) is 91.5 Å². The van der Waals surface area contributed by atoms with Crippen LogP contribution in [0.25, 0.3) is 28.0 Å². The van der Waals surface area contributed by atoms with Crippen LogP contribution < -0.4 is 9.64 Å². The first kappa shape index (κ1) is 35.0. The Labute approximate surface area is 282 Å². The van der Waals surface area contributed by atoms with Gasteiger partial charge in [0.25, 0.3) is 0 Å². The number of piperidine rings is 1. The van der Waals surface area contributed by atoms with Crippen LogP contribution in [0.4, 0.5) is 10.2 Å². The van der Waals surface area contributed by atoms with Crippen molar-refractivity contribution in [3.63, 3.8) is 0 Å². The van der Waals surface area contributed by atoms with E-state index in [4.69, 9.17) is 24.7 Å². The van der Waals surface area contributed by atoms with Gasteiger partial charge >= 0.3 is 5.97 Å². The fourth-order valence-corrected chi connectivity index (χ4v) is 6.03.